The van der Waals surface area contributed by atoms with Gasteiger partial charge in [-0.05, 0) is 33.1 Å². The first-order valence-corrected chi connectivity index (χ1v) is 4.04. The number of carboxylic acid groups (broad SMARTS) is 1. The summed E-state index contributed by atoms with van der Waals surface area (Å²) in [7, 11) is 0. The minimum atomic E-state index is -0.981. The third kappa shape index (κ3) is 9.60. The van der Waals surface area contributed by atoms with Crippen molar-refractivity contribution in [3.8, 4) is 0 Å². The summed E-state index contributed by atoms with van der Waals surface area (Å²) in [6.07, 6.45) is 1.63. The molecule has 0 saturated heterocycles. The number of aliphatic hydroxyl groups is 1. The molecule has 0 spiro atoms. The van der Waals surface area contributed by atoms with Gasteiger partial charge in [0.15, 0.2) is 0 Å². The van der Waals surface area contributed by atoms with E-state index in [0.29, 0.717) is 19.3 Å². The molecule has 1 atom stereocenters. The maximum absolute atomic E-state index is 10.3. The summed E-state index contributed by atoms with van der Waals surface area (Å²) >= 11 is 0. The van der Waals surface area contributed by atoms with Gasteiger partial charge in [0.25, 0.3) is 0 Å². The molecule has 0 saturated carbocycles. The zero-order valence-electron chi connectivity index (χ0n) is 7.99. The van der Waals surface area contributed by atoms with Crippen molar-refractivity contribution in [2.75, 3.05) is 0 Å². The van der Waals surface area contributed by atoms with Crippen molar-refractivity contribution < 1.29 is 15.0 Å². The Balaban J connectivity index is 0. The molecule has 0 amide bonds. The van der Waals surface area contributed by atoms with Gasteiger partial charge in [-0.3, -0.25) is 4.79 Å². The average Bonchev–Trinajstić information content (AvgIpc) is 1.84. The Morgan fingerprint density at radius 1 is 1.54 bits per heavy atom. The quantitative estimate of drug-likeness (QED) is 0.627. The number of carbonyl (C=O) groups is 1. The number of nitrogens with two attached hydrogens (primary N) is 1. The monoisotopic (exact) mass is 211 g/mol. The summed E-state index contributed by atoms with van der Waals surface area (Å²) in [5.74, 6) is -0.981. The summed E-state index contributed by atoms with van der Waals surface area (Å²) in [5.41, 5.74) is 4.54. The van der Waals surface area contributed by atoms with E-state index in [4.69, 9.17) is 10.8 Å². The lowest BCUT2D eigenvalue weighted by atomic mass is 10.00. The molecular weight excluding hydrogens is 194 g/mol. The summed E-state index contributed by atoms with van der Waals surface area (Å²) < 4.78 is 0. The lowest BCUT2D eigenvalue weighted by molar-refractivity contribution is -0.138. The first-order chi connectivity index (χ1) is 5.33. The second-order valence-electron chi connectivity index (χ2n) is 3.65. The minimum absolute atomic E-state index is 0. The highest BCUT2D eigenvalue weighted by Crippen LogP contribution is 2.12. The van der Waals surface area contributed by atoms with Gasteiger partial charge < -0.3 is 15.9 Å². The van der Waals surface area contributed by atoms with Gasteiger partial charge in [-0.2, -0.15) is 0 Å². The maximum atomic E-state index is 10.3. The second kappa shape index (κ2) is 6.18. The molecule has 80 valence electrons. The molecule has 4 N–H and O–H groups in total. The SMILES string of the molecule is CC(C)(O)CCCC(N)C(=O)O.Cl. The summed E-state index contributed by atoms with van der Waals surface area (Å²) in [5, 5.41) is 17.7. The fraction of sp³-hybridized carbons (Fsp3) is 0.875. The fourth-order valence-electron chi connectivity index (χ4n) is 0.878. The van der Waals surface area contributed by atoms with Crippen LogP contribution in [0.5, 0.6) is 0 Å². The number of aliphatic carboxylic acids is 1. The van der Waals surface area contributed by atoms with Crippen molar-refractivity contribution in [2.45, 2.75) is 44.8 Å². The van der Waals surface area contributed by atoms with Crippen LogP contribution < -0.4 is 5.73 Å². The van der Waals surface area contributed by atoms with Crippen LogP contribution in [0, 0.1) is 0 Å². The molecule has 0 bridgehead atoms. The maximum Gasteiger partial charge on any atom is 0.320 e. The summed E-state index contributed by atoms with van der Waals surface area (Å²) in [4.78, 5) is 10.3. The molecular formula is C8H18ClNO3. The van der Waals surface area contributed by atoms with Crippen molar-refractivity contribution in [1.29, 1.82) is 0 Å². The van der Waals surface area contributed by atoms with Crippen LogP contribution in [0.1, 0.15) is 33.1 Å². The van der Waals surface area contributed by atoms with Gasteiger partial charge in [-0.15, -0.1) is 12.4 Å². The molecule has 5 heteroatoms. The highest BCUT2D eigenvalue weighted by atomic mass is 35.5. The third-order valence-electron chi connectivity index (χ3n) is 1.62. The molecule has 0 aliphatic heterocycles. The molecule has 0 rings (SSSR count). The zero-order valence-corrected chi connectivity index (χ0v) is 8.80. The van der Waals surface area contributed by atoms with E-state index in [1.807, 2.05) is 0 Å². The van der Waals surface area contributed by atoms with Gasteiger partial charge in [0.2, 0.25) is 0 Å². The van der Waals surface area contributed by atoms with Crippen LogP contribution in [0.25, 0.3) is 0 Å². The van der Waals surface area contributed by atoms with Crippen LogP contribution in [0.3, 0.4) is 0 Å². The Morgan fingerprint density at radius 3 is 2.31 bits per heavy atom. The minimum Gasteiger partial charge on any atom is -0.480 e. The van der Waals surface area contributed by atoms with Gasteiger partial charge in [-0.1, -0.05) is 0 Å². The predicted octanol–water partition coefficient (Wildman–Crippen LogP) is 0.761. The summed E-state index contributed by atoms with van der Waals surface area (Å²) in [6.45, 7) is 3.39. The van der Waals surface area contributed by atoms with E-state index in [0.717, 1.165) is 0 Å². The topological polar surface area (TPSA) is 83.5 Å². The average molecular weight is 212 g/mol. The largest absolute Gasteiger partial charge is 0.480 e. The van der Waals surface area contributed by atoms with E-state index >= 15 is 0 Å². The highest BCUT2D eigenvalue weighted by Gasteiger charge is 2.15. The van der Waals surface area contributed by atoms with Crippen molar-refractivity contribution >= 4 is 18.4 Å². The molecule has 0 aliphatic carbocycles. The van der Waals surface area contributed by atoms with Crippen molar-refractivity contribution in [2.24, 2.45) is 5.73 Å². The second-order valence-corrected chi connectivity index (χ2v) is 3.65. The highest BCUT2D eigenvalue weighted by molar-refractivity contribution is 5.85. The van der Waals surface area contributed by atoms with Gasteiger partial charge in [0, 0.05) is 0 Å². The standard InChI is InChI=1S/C8H17NO3.ClH/c1-8(2,12)5-3-4-6(9)7(10)11;/h6,12H,3-5,9H2,1-2H3,(H,10,11);1H. The predicted molar refractivity (Wildman–Crippen MR) is 53.0 cm³/mol. The van der Waals surface area contributed by atoms with E-state index in [1.165, 1.54) is 0 Å². The number of halogens is 1. The Hall–Kier alpha value is -0.320. The van der Waals surface area contributed by atoms with Gasteiger partial charge in [0.1, 0.15) is 6.04 Å². The van der Waals surface area contributed by atoms with Crippen LogP contribution >= 0.6 is 12.4 Å². The molecule has 13 heavy (non-hydrogen) atoms. The molecule has 0 fully saturated rings. The first kappa shape index (κ1) is 15.2. The van der Waals surface area contributed by atoms with Crippen LogP contribution in [0.4, 0.5) is 0 Å². The van der Waals surface area contributed by atoms with Crippen LogP contribution in [0.2, 0.25) is 0 Å². The van der Waals surface area contributed by atoms with E-state index < -0.39 is 17.6 Å². The third-order valence-corrected chi connectivity index (χ3v) is 1.62. The van der Waals surface area contributed by atoms with Crippen LogP contribution in [0.15, 0.2) is 0 Å². The molecule has 1 unspecified atom stereocenters. The first-order valence-electron chi connectivity index (χ1n) is 4.04. The molecule has 0 aromatic carbocycles. The van der Waals surface area contributed by atoms with Crippen molar-refractivity contribution in [1.82, 2.24) is 0 Å². The molecule has 0 heterocycles. The van der Waals surface area contributed by atoms with E-state index in [2.05, 4.69) is 0 Å². The molecule has 4 nitrogen and oxygen atoms in total. The fourth-order valence-corrected chi connectivity index (χ4v) is 0.878. The lowest BCUT2D eigenvalue weighted by Gasteiger charge is -2.17. The summed E-state index contributed by atoms with van der Waals surface area (Å²) in [6, 6.07) is -0.799. The molecule has 0 aromatic rings. The van der Waals surface area contributed by atoms with Gasteiger partial charge in [-0.25, -0.2) is 0 Å². The van der Waals surface area contributed by atoms with Crippen LogP contribution in [-0.2, 0) is 4.79 Å². The number of hydrogen-bond acceptors (Lipinski definition) is 3. The van der Waals surface area contributed by atoms with Gasteiger partial charge in [0.05, 0.1) is 5.60 Å². The number of hydrogen-bond donors (Lipinski definition) is 3. The lowest BCUT2D eigenvalue weighted by Crippen LogP contribution is -2.30. The molecule has 0 aromatic heterocycles. The number of carboxylic acids is 1. The van der Waals surface area contributed by atoms with Crippen molar-refractivity contribution in [3.05, 3.63) is 0 Å². The zero-order chi connectivity index (χ0) is 9.78. The normalized spacial score (nSPS) is 13.2. The Kier molecular flexibility index (Phi) is 7.21. The number of rotatable bonds is 5. The van der Waals surface area contributed by atoms with E-state index in [9.17, 15) is 9.90 Å². The Bertz CT molecular complexity index is 156. The Labute approximate surface area is 84.5 Å². The van der Waals surface area contributed by atoms with Crippen molar-refractivity contribution in [3.63, 3.8) is 0 Å². The van der Waals surface area contributed by atoms with Crippen LogP contribution in [-0.4, -0.2) is 27.8 Å². The molecule has 0 radical (unpaired) electrons. The smallest absolute Gasteiger partial charge is 0.320 e. The Morgan fingerprint density at radius 2 is 2.00 bits per heavy atom. The molecule has 0 aliphatic rings. The van der Waals surface area contributed by atoms with Gasteiger partial charge >= 0.3 is 5.97 Å². The van der Waals surface area contributed by atoms with E-state index in [1.54, 1.807) is 13.8 Å². The van der Waals surface area contributed by atoms with E-state index in [-0.39, 0.29) is 12.4 Å².